The van der Waals surface area contributed by atoms with Crippen molar-refractivity contribution in [1.82, 2.24) is 4.98 Å². The van der Waals surface area contributed by atoms with Crippen molar-refractivity contribution in [3.8, 4) is 5.88 Å². The van der Waals surface area contributed by atoms with Crippen molar-refractivity contribution < 1.29 is 32.6 Å². The number of halogens is 4. The predicted molar refractivity (Wildman–Crippen MR) is 79.0 cm³/mol. The molecule has 11 heteroatoms. The highest BCUT2D eigenvalue weighted by Crippen LogP contribution is 2.38. The standard InChI is InChI=1S/C12H12ClF3N2O4S/c1-2-22-11-6(12(14,15)16)3-7(13)10(18-11)17-8(19)4-23-5-9(20)21/h3H,2,4-5H2,1H3,(H,20,21)(H,17,18,19). The molecule has 6 nitrogen and oxygen atoms in total. The Hall–Kier alpha value is -1.68. The Kier molecular flexibility index (Phi) is 6.95. The van der Waals surface area contributed by atoms with E-state index < -0.39 is 34.5 Å². The van der Waals surface area contributed by atoms with Crippen LogP contribution < -0.4 is 10.1 Å². The number of carbonyl (C=O) groups is 2. The van der Waals surface area contributed by atoms with E-state index in [1.807, 2.05) is 0 Å². The fourth-order valence-corrected chi connectivity index (χ4v) is 2.14. The zero-order chi connectivity index (χ0) is 17.6. The lowest BCUT2D eigenvalue weighted by Crippen LogP contribution is -2.18. The molecule has 0 unspecified atom stereocenters. The van der Waals surface area contributed by atoms with Gasteiger partial charge >= 0.3 is 12.1 Å². The van der Waals surface area contributed by atoms with E-state index in [4.69, 9.17) is 21.4 Å². The first-order chi connectivity index (χ1) is 10.6. The summed E-state index contributed by atoms with van der Waals surface area (Å²) in [5.41, 5.74) is -1.15. The number of pyridine rings is 1. The van der Waals surface area contributed by atoms with Crippen LogP contribution in [0.4, 0.5) is 19.0 Å². The first-order valence-electron chi connectivity index (χ1n) is 6.15. The summed E-state index contributed by atoms with van der Waals surface area (Å²) in [7, 11) is 0. The van der Waals surface area contributed by atoms with Gasteiger partial charge < -0.3 is 15.2 Å². The summed E-state index contributed by atoms with van der Waals surface area (Å²) in [6.45, 7) is 1.43. The van der Waals surface area contributed by atoms with E-state index in [-0.39, 0.29) is 23.9 Å². The molecule has 0 aliphatic rings. The molecule has 1 amide bonds. The van der Waals surface area contributed by atoms with Gasteiger partial charge in [-0.2, -0.15) is 18.2 Å². The van der Waals surface area contributed by atoms with E-state index in [1.165, 1.54) is 6.92 Å². The van der Waals surface area contributed by atoms with Crippen molar-refractivity contribution in [3.63, 3.8) is 0 Å². The lowest BCUT2D eigenvalue weighted by atomic mass is 10.2. The summed E-state index contributed by atoms with van der Waals surface area (Å²) >= 11 is 6.53. The summed E-state index contributed by atoms with van der Waals surface area (Å²) in [4.78, 5) is 25.5. The molecule has 2 N–H and O–H groups in total. The number of rotatable bonds is 7. The van der Waals surface area contributed by atoms with Crippen LogP contribution >= 0.6 is 23.4 Å². The van der Waals surface area contributed by atoms with Crippen LogP contribution in [0.25, 0.3) is 0 Å². The minimum absolute atomic E-state index is 0.0560. The van der Waals surface area contributed by atoms with Gasteiger partial charge in [-0.15, -0.1) is 11.8 Å². The quantitative estimate of drug-likeness (QED) is 0.765. The summed E-state index contributed by atoms with van der Waals surface area (Å²) in [6.07, 6.45) is -4.71. The Morgan fingerprint density at radius 1 is 1.43 bits per heavy atom. The van der Waals surface area contributed by atoms with Gasteiger partial charge in [-0.25, -0.2) is 0 Å². The molecule has 0 saturated carbocycles. The molecule has 0 aromatic carbocycles. The first-order valence-corrected chi connectivity index (χ1v) is 7.68. The zero-order valence-corrected chi connectivity index (χ0v) is 13.3. The molecule has 23 heavy (non-hydrogen) atoms. The number of anilines is 1. The maximum atomic E-state index is 12.9. The Bertz CT molecular complexity index is 598. The average Bonchev–Trinajstić information content (AvgIpc) is 2.40. The third-order valence-corrected chi connectivity index (χ3v) is 3.45. The number of hydrogen-bond acceptors (Lipinski definition) is 5. The van der Waals surface area contributed by atoms with Gasteiger partial charge in [0, 0.05) is 0 Å². The molecular formula is C12H12ClF3N2O4S. The Labute approximate surface area is 138 Å². The predicted octanol–water partition coefficient (Wildman–Crippen LogP) is 2.91. The minimum Gasteiger partial charge on any atom is -0.481 e. The number of nitrogens with zero attached hydrogens (tertiary/aromatic N) is 1. The number of thioether (sulfide) groups is 1. The normalized spacial score (nSPS) is 11.2. The second-order valence-electron chi connectivity index (χ2n) is 4.04. The fourth-order valence-electron chi connectivity index (χ4n) is 1.41. The van der Waals surface area contributed by atoms with Gasteiger partial charge in [0.2, 0.25) is 11.8 Å². The van der Waals surface area contributed by atoms with Crippen molar-refractivity contribution in [1.29, 1.82) is 0 Å². The first kappa shape index (κ1) is 19.4. The number of carbonyl (C=O) groups excluding carboxylic acids is 1. The summed E-state index contributed by atoms with van der Waals surface area (Å²) in [5, 5.41) is 10.3. The van der Waals surface area contributed by atoms with Crippen LogP contribution in [0.1, 0.15) is 12.5 Å². The van der Waals surface area contributed by atoms with E-state index in [1.54, 1.807) is 0 Å². The van der Waals surface area contributed by atoms with Crippen LogP contribution in [0.15, 0.2) is 6.07 Å². The number of carboxylic acid groups (broad SMARTS) is 1. The number of hydrogen-bond donors (Lipinski definition) is 2. The second kappa shape index (κ2) is 8.25. The van der Waals surface area contributed by atoms with Gasteiger partial charge in [-0.05, 0) is 13.0 Å². The van der Waals surface area contributed by atoms with Crippen LogP contribution in [0.3, 0.4) is 0 Å². The van der Waals surface area contributed by atoms with Crippen LogP contribution in [0.2, 0.25) is 5.02 Å². The van der Waals surface area contributed by atoms with Gasteiger partial charge in [0.25, 0.3) is 0 Å². The monoisotopic (exact) mass is 372 g/mol. The molecule has 1 rings (SSSR count). The van der Waals surface area contributed by atoms with Gasteiger partial charge in [0.1, 0.15) is 5.56 Å². The van der Waals surface area contributed by atoms with Gasteiger partial charge in [0.15, 0.2) is 5.82 Å². The number of carboxylic acids is 1. The molecule has 0 spiro atoms. The number of ether oxygens (including phenoxy) is 1. The molecule has 128 valence electrons. The van der Waals surface area contributed by atoms with E-state index in [0.29, 0.717) is 6.07 Å². The highest BCUT2D eigenvalue weighted by molar-refractivity contribution is 8.00. The van der Waals surface area contributed by atoms with Crippen molar-refractivity contribution in [2.45, 2.75) is 13.1 Å². The lowest BCUT2D eigenvalue weighted by molar-refractivity contribution is -0.139. The summed E-state index contributed by atoms with van der Waals surface area (Å²) in [6, 6.07) is 0.611. The number of alkyl halides is 3. The molecule has 0 bridgehead atoms. The third-order valence-electron chi connectivity index (χ3n) is 2.24. The molecule has 0 saturated heterocycles. The molecular weight excluding hydrogens is 361 g/mol. The van der Waals surface area contributed by atoms with Crippen LogP contribution in [-0.2, 0) is 15.8 Å². The van der Waals surface area contributed by atoms with E-state index in [0.717, 1.165) is 11.8 Å². The van der Waals surface area contributed by atoms with Crippen molar-refractivity contribution in [2.24, 2.45) is 0 Å². The van der Waals surface area contributed by atoms with Crippen molar-refractivity contribution in [2.75, 3.05) is 23.4 Å². The zero-order valence-electron chi connectivity index (χ0n) is 11.7. The Morgan fingerprint density at radius 2 is 2.09 bits per heavy atom. The largest absolute Gasteiger partial charge is 0.481 e. The SMILES string of the molecule is CCOc1nc(NC(=O)CSCC(=O)O)c(Cl)cc1C(F)(F)F. The van der Waals surface area contributed by atoms with Gasteiger partial charge in [-0.3, -0.25) is 9.59 Å². The van der Waals surface area contributed by atoms with Crippen LogP contribution in [0, 0.1) is 0 Å². The third kappa shape index (κ3) is 6.14. The highest BCUT2D eigenvalue weighted by atomic mass is 35.5. The van der Waals surface area contributed by atoms with Gasteiger partial charge in [0.05, 0.1) is 23.1 Å². The van der Waals surface area contributed by atoms with Crippen LogP contribution in [-0.4, -0.2) is 40.1 Å². The summed E-state index contributed by atoms with van der Waals surface area (Å²) in [5.74, 6) is -3.22. The fraction of sp³-hybridized carbons (Fsp3) is 0.417. The Morgan fingerprint density at radius 3 is 2.61 bits per heavy atom. The maximum Gasteiger partial charge on any atom is 0.421 e. The van der Waals surface area contributed by atoms with Crippen LogP contribution in [0.5, 0.6) is 5.88 Å². The smallest absolute Gasteiger partial charge is 0.421 e. The van der Waals surface area contributed by atoms with E-state index in [2.05, 4.69) is 10.3 Å². The molecule has 1 heterocycles. The molecule has 1 aromatic rings. The van der Waals surface area contributed by atoms with E-state index in [9.17, 15) is 22.8 Å². The minimum atomic E-state index is -4.71. The molecule has 0 fully saturated rings. The molecule has 1 aromatic heterocycles. The molecule has 0 radical (unpaired) electrons. The number of nitrogens with one attached hydrogen (secondary N) is 1. The van der Waals surface area contributed by atoms with Crippen molar-refractivity contribution in [3.05, 3.63) is 16.7 Å². The highest BCUT2D eigenvalue weighted by Gasteiger charge is 2.36. The lowest BCUT2D eigenvalue weighted by Gasteiger charge is -2.15. The second-order valence-corrected chi connectivity index (χ2v) is 5.43. The molecule has 0 aliphatic heterocycles. The summed E-state index contributed by atoms with van der Waals surface area (Å²) < 4.78 is 43.4. The number of aliphatic carboxylic acids is 1. The maximum absolute atomic E-state index is 12.9. The molecule has 0 aliphatic carbocycles. The molecule has 0 atom stereocenters. The van der Waals surface area contributed by atoms with Crippen molar-refractivity contribution >= 4 is 41.1 Å². The number of amides is 1. The van der Waals surface area contributed by atoms with Gasteiger partial charge in [-0.1, -0.05) is 11.6 Å². The van der Waals surface area contributed by atoms with E-state index >= 15 is 0 Å². The Balaban J connectivity index is 2.93. The average molecular weight is 373 g/mol. The topological polar surface area (TPSA) is 88.5 Å². The number of aromatic nitrogens is 1.